The number of carbonyl (C=O) groups is 2. The molecular formula is C24H32N2O3. The van der Waals surface area contributed by atoms with Crippen LogP contribution < -0.4 is 10.1 Å². The van der Waals surface area contributed by atoms with Crippen molar-refractivity contribution in [3.8, 4) is 5.75 Å². The number of benzene rings is 2. The van der Waals surface area contributed by atoms with Gasteiger partial charge in [-0.05, 0) is 49.1 Å². The fourth-order valence-electron chi connectivity index (χ4n) is 3.11. The van der Waals surface area contributed by atoms with Crippen molar-refractivity contribution in [1.29, 1.82) is 0 Å². The van der Waals surface area contributed by atoms with Crippen LogP contribution in [-0.2, 0) is 22.6 Å². The summed E-state index contributed by atoms with van der Waals surface area (Å²) < 4.78 is 5.18. The normalized spacial score (nSPS) is 11.6. The van der Waals surface area contributed by atoms with E-state index in [1.807, 2.05) is 55.5 Å². The highest BCUT2D eigenvalue weighted by atomic mass is 16.5. The van der Waals surface area contributed by atoms with E-state index in [-0.39, 0.29) is 18.2 Å². The summed E-state index contributed by atoms with van der Waals surface area (Å²) >= 11 is 0. The quantitative estimate of drug-likeness (QED) is 0.620. The van der Waals surface area contributed by atoms with E-state index < -0.39 is 6.04 Å². The molecule has 0 radical (unpaired) electrons. The summed E-state index contributed by atoms with van der Waals surface area (Å²) in [5, 5.41) is 2.95. The third-order valence-corrected chi connectivity index (χ3v) is 5.11. The summed E-state index contributed by atoms with van der Waals surface area (Å²) in [6.07, 6.45) is 2.18. The van der Waals surface area contributed by atoms with Gasteiger partial charge in [-0.15, -0.1) is 0 Å². The molecule has 0 saturated carbocycles. The Kier molecular flexibility index (Phi) is 8.71. The van der Waals surface area contributed by atoms with Crippen molar-refractivity contribution < 1.29 is 14.3 Å². The first kappa shape index (κ1) is 22.5. The highest BCUT2D eigenvalue weighted by Crippen LogP contribution is 2.17. The molecule has 156 valence electrons. The first-order valence-electron chi connectivity index (χ1n) is 10.2. The van der Waals surface area contributed by atoms with Gasteiger partial charge >= 0.3 is 0 Å². The number of amides is 2. The number of methoxy groups -OCH3 is 1. The lowest BCUT2D eigenvalue weighted by Crippen LogP contribution is -2.48. The molecule has 0 fully saturated rings. The Hall–Kier alpha value is -2.82. The van der Waals surface area contributed by atoms with Crippen molar-refractivity contribution in [3.63, 3.8) is 0 Å². The first-order chi connectivity index (χ1) is 14.0. The second-order valence-corrected chi connectivity index (χ2v) is 7.29. The van der Waals surface area contributed by atoms with Crippen LogP contribution in [0.25, 0.3) is 0 Å². The zero-order valence-corrected chi connectivity index (χ0v) is 17.9. The minimum Gasteiger partial charge on any atom is -0.497 e. The number of hydrogen-bond donors (Lipinski definition) is 1. The fourth-order valence-corrected chi connectivity index (χ4v) is 3.11. The molecule has 0 aliphatic rings. The summed E-state index contributed by atoms with van der Waals surface area (Å²) in [7, 11) is 1.61. The van der Waals surface area contributed by atoms with Gasteiger partial charge < -0.3 is 15.0 Å². The predicted molar refractivity (Wildman–Crippen MR) is 116 cm³/mol. The Bertz CT molecular complexity index is 802. The molecule has 0 aliphatic heterocycles. The highest BCUT2D eigenvalue weighted by molar-refractivity contribution is 5.88. The number of carbonyl (C=O) groups excluding carboxylic acids is 2. The minimum absolute atomic E-state index is 0.0726. The molecule has 0 heterocycles. The van der Waals surface area contributed by atoms with Crippen LogP contribution in [0.2, 0.25) is 0 Å². The summed E-state index contributed by atoms with van der Waals surface area (Å²) in [5.74, 6) is 0.563. The molecule has 2 aromatic rings. The van der Waals surface area contributed by atoms with E-state index in [0.29, 0.717) is 13.1 Å². The zero-order valence-electron chi connectivity index (χ0n) is 17.9. The lowest BCUT2D eigenvalue weighted by Gasteiger charge is -2.29. The van der Waals surface area contributed by atoms with Crippen molar-refractivity contribution in [3.05, 3.63) is 65.2 Å². The van der Waals surface area contributed by atoms with Gasteiger partial charge in [0.15, 0.2) is 0 Å². The van der Waals surface area contributed by atoms with E-state index in [9.17, 15) is 9.59 Å². The molecule has 2 amide bonds. The largest absolute Gasteiger partial charge is 0.497 e. The van der Waals surface area contributed by atoms with Gasteiger partial charge in [0, 0.05) is 13.1 Å². The van der Waals surface area contributed by atoms with Crippen LogP contribution >= 0.6 is 0 Å². The van der Waals surface area contributed by atoms with Crippen molar-refractivity contribution in [2.24, 2.45) is 0 Å². The topological polar surface area (TPSA) is 58.6 Å². The van der Waals surface area contributed by atoms with Crippen molar-refractivity contribution in [2.45, 2.75) is 52.6 Å². The van der Waals surface area contributed by atoms with E-state index in [1.54, 1.807) is 18.9 Å². The predicted octanol–water partition coefficient (Wildman–Crippen LogP) is 3.88. The summed E-state index contributed by atoms with van der Waals surface area (Å²) in [6.45, 7) is 6.94. The lowest BCUT2D eigenvalue weighted by molar-refractivity contribution is -0.140. The van der Waals surface area contributed by atoms with Crippen molar-refractivity contribution in [1.82, 2.24) is 10.2 Å². The van der Waals surface area contributed by atoms with E-state index in [1.165, 1.54) is 0 Å². The molecular weight excluding hydrogens is 364 g/mol. The second-order valence-electron chi connectivity index (χ2n) is 7.29. The van der Waals surface area contributed by atoms with E-state index in [4.69, 9.17) is 4.74 Å². The van der Waals surface area contributed by atoms with Crippen LogP contribution in [0.4, 0.5) is 0 Å². The Morgan fingerprint density at radius 2 is 1.79 bits per heavy atom. The van der Waals surface area contributed by atoms with Gasteiger partial charge in [-0.3, -0.25) is 9.59 Å². The number of aryl methyl sites for hydroxylation is 1. The van der Waals surface area contributed by atoms with Crippen LogP contribution in [0, 0.1) is 6.92 Å². The van der Waals surface area contributed by atoms with E-state index in [2.05, 4.69) is 12.2 Å². The third-order valence-electron chi connectivity index (χ3n) is 5.11. The van der Waals surface area contributed by atoms with Gasteiger partial charge in [-0.1, -0.05) is 49.7 Å². The maximum absolute atomic E-state index is 13.2. The number of unbranched alkanes of at least 4 members (excludes halogenated alkanes) is 1. The fraction of sp³-hybridized carbons (Fsp3) is 0.417. The molecule has 2 rings (SSSR count). The number of nitrogens with zero attached hydrogens (tertiary/aromatic N) is 1. The third kappa shape index (κ3) is 6.63. The summed E-state index contributed by atoms with van der Waals surface area (Å²) in [4.78, 5) is 27.5. The molecule has 0 bridgehead atoms. The average Bonchev–Trinajstić information content (AvgIpc) is 2.73. The molecule has 2 aromatic carbocycles. The Morgan fingerprint density at radius 3 is 2.41 bits per heavy atom. The van der Waals surface area contributed by atoms with E-state index in [0.717, 1.165) is 35.3 Å². The minimum atomic E-state index is -0.544. The Labute approximate surface area is 174 Å². The number of hydrogen-bond acceptors (Lipinski definition) is 3. The molecule has 1 atom stereocenters. The first-order valence-corrected chi connectivity index (χ1v) is 10.2. The summed E-state index contributed by atoms with van der Waals surface area (Å²) in [6, 6.07) is 14.9. The van der Waals surface area contributed by atoms with E-state index >= 15 is 0 Å². The van der Waals surface area contributed by atoms with Gasteiger partial charge in [0.2, 0.25) is 11.8 Å². The van der Waals surface area contributed by atoms with Crippen LogP contribution in [0.5, 0.6) is 5.75 Å². The molecule has 0 aliphatic carbocycles. The summed E-state index contributed by atoms with van der Waals surface area (Å²) in [5.41, 5.74) is 3.04. The SMILES string of the molecule is CCCCNC(=O)[C@@H](C)N(Cc1ccccc1C)C(=O)Cc1ccc(OC)cc1. The Balaban J connectivity index is 2.18. The maximum Gasteiger partial charge on any atom is 0.242 e. The van der Waals surface area contributed by atoms with Crippen LogP contribution in [0.15, 0.2) is 48.5 Å². The smallest absolute Gasteiger partial charge is 0.242 e. The maximum atomic E-state index is 13.2. The van der Waals surface area contributed by atoms with Crippen LogP contribution in [0.1, 0.15) is 43.4 Å². The lowest BCUT2D eigenvalue weighted by atomic mass is 10.1. The molecule has 1 N–H and O–H groups in total. The molecule has 0 aromatic heterocycles. The van der Waals surface area contributed by atoms with Gasteiger partial charge in [0.1, 0.15) is 11.8 Å². The number of rotatable bonds is 10. The molecule has 0 saturated heterocycles. The Morgan fingerprint density at radius 1 is 1.10 bits per heavy atom. The number of nitrogens with one attached hydrogen (secondary N) is 1. The van der Waals surface area contributed by atoms with Crippen LogP contribution in [-0.4, -0.2) is 36.4 Å². The van der Waals surface area contributed by atoms with Gasteiger partial charge in [0.25, 0.3) is 0 Å². The standard InChI is InChI=1S/C24H32N2O3/c1-5-6-15-25-24(28)19(3)26(17-21-10-8-7-9-18(21)2)23(27)16-20-11-13-22(29-4)14-12-20/h7-14,19H,5-6,15-17H2,1-4H3,(H,25,28)/t19-/m1/s1. The average molecular weight is 397 g/mol. The molecule has 5 heteroatoms. The molecule has 29 heavy (non-hydrogen) atoms. The highest BCUT2D eigenvalue weighted by Gasteiger charge is 2.26. The van der Waals surface area contributed by atoms with Gasteiger partial charge in [-0.2, -0.15) is 0 Å². The molecule has 5 nitrogen and oxygen atoms in total. The van der Waals surface area contributed by atoms with Gasteiger partial charge in [-0.25, -0.2) is 0 Å². The molecule has 0 spiro atoms. The molecule has 0 unspecified atom stereocenters. The van der Waals surface area contributed by atoms with Gasteiger partial charge in [0.05, 0.1) is 13.5 Å². The van der Waals surface area contributed by atoms with Crippen molar-refractivity contribution >= 4 is 11.8 Å². The van der Waals surface area contributed by atoms with Crippen LogP contribution in [0.3, 0.4) is 0 Å². The monoisotopic (exact) mass is 396 g/mol. The van der Waals surface area contributed by atoms with Crippen molar-refractivity contribution in [2.75, 3.05) is 13.7 Å². The number of ether oxygens (including phenoxy) is 1. The zero-order chi connectivity index (χ0) is 21.2. The second kappa shape index (κ2) is 11.2.